The minimum absolute atomic E-state index is 0.162. The summed E-state index contributed by atoms with van der Waals surface area (Å²) in [6.07, 6.45) is 5.40. The topological polar surface area (TPSA) is 105 Å². The molecule has 0 fully saturated rings. The van der Waals surface area contributed by atoms with Crippen LogP contribution in [0.3, 0.4) is 0 Å². The first-order valence-electron chi connectivity index (χ1n) is 5.88. The number of hydrogen-bond acceptors (Lipinski definition) is 6. The number of rotatable bonds is 5. The van der Waals surface area contributed by atoms with Crippen LogP contribution in [-0.2, 0) is 6.42 Å². The Hall–Kier alpha value is -3.01. The lowest BCUT2D eigenvalue weighted by Gasteiger charge is -2.06. The molecule has 0 radical (unpaired) electrons. The highest BCUT2D eigenvalue weighted by atomic mass is 16.6. The van der Waals surface area contributed by atoms with E-state index in [1.807, 2.05) is 18.2 Å². The van der Waals surface area contributed by atoms with Gasteiger partial charge in [0.05, 0.1) is 10.5 Å². The van der Waals surface area contributed by atoms with Gasteiger partial charge in [-0.3, -0.25) is 15.1 Å². The van der Waals surface area contributed by atoms with Crippen molar-refractivity contribution in [2.45, 2.75) is 6.42 Å². The van der Waals surface area contributed by atoms with Crippen LogP contribution in [0.4, 0.5) is 11.5 Å². The molecule has 0 atom stereocenters. The highest BCUT2D eigenvalue weighted by Crippen LogP contribution is 2.22. The van der Waals surface area contributed by atoms with Crippen LogP contribution in [0.1, 0.15) is 11.1 Å². The lowest BCUT2D eigenvalue weighted by molar-refractivity contribution is -0.384. The van der Waals surface area contributed by atoms with Gasteiger partial charge in [-0.15, -0.1) is 0 Å². The van der Waals surface area contributed by atoms with Crippen molar-refractivity contribution >= 4 is 11.5 Å². The zero-order chi connectivity index (χ0) is 14.4. The number of nitro groups is 1. The van der Waals surface area contributed by atoms with Gasteiger partial charge in [-0.05, 0) is 18.1 Å². The van der Waals surface area contributed by atoms with Crippen molar-refractivity contribution < 1.29 is 4.92 Å². The third kappa shape index (κ3) is 3.26. The molecule has 0 aliphatic carbocycles. The zero-order valence-electron chi connectivity index (χ0n) is 10.5. The Morgan fingerprint density at radius 1 is 1.45 bits per heavy atom. The Morgan fingerprint density at radius 2 is 2.30 bits per heavy atom. The van der Waals surface area contributed by atoms with Gasteiger partial charge in [0.25, 0.3) is 0 Å². The van der Waals surface area contributed by atoms with Crippen molar-refractivity contribution in [1.82, 2.24) is 9.97 Å². The average Bonchev–Trinajstić information content (AvgIpc) is 2.48. The molecule has 0 aliphatic heterocycles. The molecule has 0 aromatic carbocycles. The van der Waals surface area contributed by atoms with E-state index in [9.17, 15) is 10.1 Å². The normalized spacial score (nSPS) is 9.75. The molecular formula is C13H11N5O2. The molecule has 2 aromatic rings. The Labute approximate surface area is 115 Å². The minimum atomic E-state index is -0.555. The maximum Gasteiger partial charge on any atom is 0.312 e. The first kappa shape index (κ1) is 13.4. The minimum Gasteiger partial charge on any atom is -0.364 e. The van der Waals surface area contributed by atoms with Gasteiger partial charge in [0.2, 0.25) is 5.82 Å². The number of aromatic nitrogens is 2. The third-order valence-electron chi connectivity index (χ3n) is 2.62. The Bertz CT molecular complexity index is 652. The molecule has 0 aliphatic rings. The average molecular weight is 269 g/mol. The van der Waals surface area contributed by atoms with Gasteiger partial charge in [0.15, 0.2) is 0 Å². The van der Waals surface area contributed by atoms with Gasteiger partial charge in [-0.2, -0.15) is 5.26 Å². The summed E-state index contributed by atoms with van der Waals surface area (Å²) in [6.45, 7) is 0.492. The molecule has 2 rings (SSSR count). The predicted molar refractivity (Wildman–Crippen MR) is 72.0 cm³/mol. The number of nitriles is 1. The van der Waals surface area contributed by atoms with Crippen LogP contribution in [0.5, 0.6) is 0 Å². The second-order valence-corrected chi connectivity index (χ2v) is 4.00. The Kier molecular flexibility index (Phi) is 4.19. The number of nitrogens with zero attached hydrogens (tertiary/aromatic N) is 4. The monoisotopic (exact) mass is 269 g/mol. The van der Waals surface area contributed by atoms with E-state index in [1.165, 1.54) is 12.3 Å². The lowest BCUT2D eigenvalue weighted by atomic mass is 10.2. The summed E-state index contributed by atoms with van der Waals surface area (Å²) < 4.78 is 0. The van der Waals surface area contributed by atoms with Crippen LogP contribution >= 0.6 is 0 Å². The van der Waals surface area contributed by atoms with Gasteiger partial charge in [-0.25, -0.2) is 4.98 Å². The lowest BCUT2D eigenvalue weighted by Crippen LogP contribution is -2.08. The van der Waals surface area contributed by atoms with Crippen LogP contribution < -0.4 is 5.32 Å². The van der Waals surface area contributed by atoms with Crippen LogP contribution in [0, 0.1) is 21.4 Å². The van der Waals surface area contributed by atoms with Gasteiger partial charge in [-0.1, -0.05) is 6.07 Å². The van der Waals surface area contributed by atoms with E-state index in [2.05, 4.69) is 15.3 Å². The standard InChI is InChI=1S/C13H11N5O2/c14-7-11-6-12(18(19)20)13(17-9-11)16-5-3-10-2-1-4-15-8-10/h1-2,4,6,8-9H,3,5H2,(H,16,17). The molecule has 7 heteroatoms. The zero-order valence-corrected chi connectivity index (χ0v) is 10.5. The van der Waals surface area contributed by atoms with Crippen LogP contribution in [0.2, 0.25) is 0 Å². The van der Waals surface area contributed by atoms with Crippen molar-refractivity contribution in [1.29, 1.82) is 5.26 Å². The van der Waals surface area contributed by atoms with Crippen molar-refractivity contribution in [2.75, 3.05) is 11.9 Å². The fraction of sp³-hybridized carbons (Fsp3) is 0.154. The molecule has 0 saturated heterocycles. The van der Waals surface area contributed by atoms with Crippen LogP contribution in [0.15, 0.2) is 36.8 Å². The number of hydrogen-bond donors (Lipinski definition) is 1. The van der Waals surface area contributed by atoms with Crippen molar-refractivity contribution in [3.63, 3.8) is 0 Å². The molecule has 0 unspecified atom stereocenters. The largest absolute Gasteiger partial charge is 0.364 e. The summed E-state index contributed by atoms with van der Waals surface area (Å²) in [5.41, 5.74) is 0.987. The highest BCUT2D eigenvalue weighted by Gasteiger charge is 2.15. The highest BCUT2D eigenvalue weighted by molar-refractivity contribution is 5.58. The molecule has 0 saturated carbocycles. The van der Waals surface area contributed by atoms with E-state index in [-0.39, 0.29) is 17.1 Å². The summed E-state index contributed by atoms with van der Waals surface area (Å²) in [5.74, 6) is 0.165. The SMILES string of the molecule is N#Cc1cnc(NCCc2cccnc2)c([N+](=O)[O-])c1. The molecule has 0 amide bonds. The van der Waals surface area contributed by atoms with E-state index in [4.69, 9.17) is 5.26 Å². The molecule has 2 heterocycles. The number of nitrogens with one attached hydrogen (secondary N) is 1. The van der Waals surface area contributed by atoms with E-state index < -0.39 is 4.92 Å². The molecular weight excluding hydrogens is 258 g/mol. The van der Waals surface area contributed by atoms with Gasteiger partial charge < -0.3 is 5.32 Å². The van der Waals surface area contributed by atoms with Gasteiger partial charge in [0.1, 0.15) is 6.07 Å². The van der Waals surface area contributed by atoms with Gasteiger partial charge in [0, 0.05) is 31.2 Å². The number of pyridine rings is 2. The summed E-state index contributed by atoms with van der Waals surface area (Å²) >= 11 is 0. The smallest absolute Gasteiger partial charge is 0.312 e. The van der Waals surface area contributed by atoms with Crippen LogP contribution in [-0.4, -0.2) is 21.4 Å². The third-order valence-corrected chi connectivity index (χ3v) is 2.62. The molecule has 0 bridgehead atoms. The molecule has 7 nitrogen and oxygen atoms in total. The summed E-state index contributed by atoms with van der Waals surface area (Å²) in [4.78, 5) is 18.3. The van der Waals surface area contributed by atoms with E-state index >= 15 is 0 Å². The predicted octanol–water partition coefficient (Wildman–Crippen LogP) is 1.91. The van der Waals surface area contributed by atoms with Crippen molar-refractivity contribution in [3.8, 4) is 6.07 Å². The second-order valence-electron chi connectivity index (χ2n) is 4.00. The molecule has 20 heavy (non-hydrogen) atoms. The fourth-order valence-electron chi connectivity index (χ4n) is 1.66. The molecule has 2 aromatic heterocycles. The summed E-state index contributed by atoms with van der Waals surface area (Å²) in [7, 11) is 0. The fourth-order valence-corrected chi connectivity index (χ4v) is 1.66. The first-order valence-corrected chi connectivity index (χ1v) is 5.88. The van der Waals surface area contributed by atoms with E-state index in [1.54, 1.807) is 12.4 Å². The van der Waals surface area contributed by atoms with Crippen LogP contribution in [0.25, 0.3) is 0 Å². The summed E-state index contributed by atoms with van der Waals surface area (Å²) in [6, 6.07) is 6.79. The Balaban J connectivity index is 2.06. The molecule has 1 N–H and O–H groups in total. The quantitative estimate of drug-likeness (QED) is 0.656. The second kappa shape index (κ2) is 6.24. The van der Waals surface area contributed by atoms with E-state index in [0.717, 1.165) is 5.56 Å². The Morgan fingerprint density at radius 3 is 2.95 bits per heavy atom. The first-order chi connectivity index (χ1) is 9.70. The maximum absolute atomic E-state index is 10.9. The number of anilines is 1. The van der Waals surface area contributed by atoms with Crippen molar-refractivity contribution in [2.24, 2.45) is 0 Å². The maximum atomic E-state index is 10.9. The van der Waals surface area contributed by atoms with Crippen molar-refractivity contribution in [3.05, 3.63) is 58.0 Å². The summed E-state index contributed by atoms with van der Waals surface area (Å²) in [5, 5.41) is 22.6. The molecule has 0 spiro atoms. The van der Waals surface area contributed by atoms with Gasteiger partial charge >= 0.3 is 5.69 Å². The molecule has 100 valence electrons. The van der Waals surface area contributed by atoms with E-state index in [0.29, 0.717) is 13.0 Å².